The number of carbonyl (C=O) groups is 2. The van der Waals surface area contributed by atoms with Crippen molar-refractivity contribution in [3.05, 3.63) is 69.6 Å². The van der Waals surface area contributed by atoms with E-state index in [-0.39, 0.29) is 19.1 Å². The Labute approximate surface area is 191 Å². The summed E-state index contributed by atoms with van der Waals surface area (Å²) in [6.45, 7) is 5.75. The van der Waals surface area contributed by atoms with E-state index >= 15 is 0 Å². The average Bonchev–Trinajstić information content (AvgIpc) is 3.18. The molecule has 0 aliphatic carbocycles. The standard InChI is InChI=1S/C24H24ClNO4S/c1-4-16-6-8-17(9-7-16)19-14-31-23(22(19)24(28)29-5-2)26-21(27)13-30-18-10-11-20(25)15(3)12-18/h6-12,14H,4-5,13H2,1-3H3,(H,26,27). The second-order valence-electron chi connectivity index (χ2n) is 6.87. The molecule has 3 rings (SSSR count). The minimum Gasteiger partial charge on any atom is -0.484 e. The van der Waals surface area contributed by atoms with Gasteiger partial charge >= 0.3 is 5.97 Å². The van der Waals surface area contributed by atoms with Crippen molar-refractivity contribution < 1.29 is 19.1 Å². The van der Waals surface area contributed by atoms with Gasteiger partial charge in [-0.2, -0.15) is 0 Å². The number of carbonyl (C=O) groups excluding carboxylic acids is 2. The van der Waals surface area contributed by atoms with E-state index in [1.807, 2.05) is 36.6 Å². The number of halogens is 1. The van der Waals surface area contributed by atoms with Gasteiger partial charge in [0.15, 0.2) is 6.61 Å². The van der Waals surface area contributed by atoms with Crippen LogP contribution in [-0.4, -0.2) is 25.1 Å². The van der Waals surface area contributed by atoms with Crippen molar-refractivity contribution in [1.82, 2.24) is 0 Å². The molecule has 0 saturated carbocycles. The fourth-order valence-electron chi connectivity index (χ4n) is 3.01. The Morgan fingerprint density at radius 2 is 1.84 bits per heavy atom. The number of anilines is 1. The molecule has 0 bridgehead atoms. The molecule has 2 aromatic carbocycles. The van der Waals surface area contributed by atoms with Crippen molar-refractivity contribution in [3.8, 4) is 16.9 Å². The first-order chi connectivity index (χ1) is 14.9. The van der Waals surface area contributed by atoms with Gasteiger partial charge in [0.25, 0.3) is 5.91 Å². The number of nitrogens with one attached hydrogen (secondary N) is 1. The van der Waals surface area contributed by atoms with E-state index in [2.05, 4.69) is 12.2 Å². The number of ether oxygens (including phenoxy) is 2. The van der Waals surface area contributed by atoms with Crippen LogP contribution in [0.15, 0.2) is 47.8 Å². The van der Waals surface area contributed by atoms with E-state index in [4.69, 9.17) is 21.1 Å². The SMILES string of the molecule is CCOC(=O)c1c(-c2ccc(CC)cc2)csc1NC(=O)COc1ccc(Cl)c(C)c1. The fraction of sp³-hybridized carbons (Fsp3) is 0.250. The zero-order valence-electron chi connectivity index (χ0n) is 17.7. The molecule has 1 amide bonds. The summed E-state index contributed by atoms with van der Waals surface area (Å²) in [6.07, 6.45) is 0.934. The van der Waals surface area contributed by atoms with Crippen LogP contribution in [0.2, 0.25) is 5.02 Å². The molecule has 3 aromatic rings. The first kappa shape index (κ1) is 22.8. The lowest BCUT2D eigenvalue weighted by Gasteiger charge is -2.10. The smallest absolute Gasteiger partial charge is 0.341 e. The third-order valence-corrected chi connectivity index (χ3v) is 6.02. The Bertz CT molecular complexity index is 1080. The van der Waals surface area contributed by atoms with E-state index in [9.17, 15) is 9.59 Å². The van der Waals surface area contributed by atoms with Crippen LogP contribution in [0.3, 0.4) is 0 Å². The molecule has 5 nitrogen and oxygen atoms in total. The molecule has 1 aromatic heterocycles. The van der Waals surface area contributed by atoms with E-state index in [1.54, 1.807) is 25.1 Å². The molecule has 0 saturated heterocycles. The van der Waals surface area contributed by atoms with E-state index < -0.39 is 5.97 Å². The number of amides is 1. The van der Waals surface area contributed by atoms with E-state index in [0.29, 0.717) is 21.3 Å². The topological polar surface area (TPSA) is 64.6 Å². The molecule has 7 heteroatoms. The second-order valence-corrected chi connectivity index (χ2v) is 8.16. The van der Waals surface area contributed by atoms with Crippen LogP contribution >= 0.6 is 22.9 Å². The van der Waals surface area contributed by atoms with Crippen LogP contribution in [0.25, 0.3) is 11.1 Å². The third-order valence-electron chi connectivity index (χ3n) is 4.70. The molecular weight excluding hydrogens is 434 g/mol. The highest BCUT2D eigenvalue weighted by Gasteiger charge is 2.23. The number of thiophene rings is 1. The van der Waals surface area contributed by atoms with Gasteiger partial charge in [-0.05, 0) is 55.2 Å². The summed E-state index contributed by atoms with van der Waals surface area (Å²) in [6, 6.07) is 13.2. The lowest BCUT2D eigenvalue weighted by molar-refractivity contribution is -0.118. The van der Waals surface area contributed by atoms with Crippen LogP contribution in [-0.2, 0) is 16.0 Å². The molecule has 1 N–H and O–H groups in total. The normalized spacial score (nSPS) is 10.6. The maximum absolute atomic E-state index is 12.7. The Hall–Kier alpha value is -2.83. The first-order valence-corrected chi connectivity index (χ1v) is 11.2. The molecule has 1 heterocycles. The minimum atomic E-state index is -0.470. The number of rotatable bonds is 8. The Morgan fingerprint density at radius 3 is 2.48 bits per heavy atom. The molecule has 31 heavy (non-hydrogen) atoms. The van der Waals surface area contributed by atoms with Crippen LogP contribution in [0.4, 0.5) is 5.00 Å². The predicted molar refractivity (Wildman–Crippen MR) is 125 cm³/mol. The van der Waals surface area contributed by atoms with Gasteiger partial charge in [-0.25, -0.2) is 4.79 Å². The highest BCUT2D eigenvalue weighted by Crippen LogP contribution is 2.36. The van der Waals surface area contributed by atoms with E-state index in [0.717, 1.165) is 23.1 Å². The molecular formula is C24H24ClNO4S. The zero-order chi connectivity index (χ0) is 22.4. The highest BCUT2D eigenvalue weighted by molar-refractivity contribution is 7.15. The van der Waals surface area contributed by atoms with Gasteiger partial charge in [-0.1, -0.05) is 42.8 Å². The van der Waals surface area contributed by atoms with Gasteiger partial charge in [0.1, 0.15) is 16.3 Å². The summed E-state index contributed by atoms with van der Waals surface area (Å²) >= 11 is 7.30. The summed E-state index contributed by atoms with van der Waals surface area (Å²) in [5.74, 6) is -0.290. The average molecular weight is 458 g/mol. The first-order valence-electron chi connectivity index (χ1n) is 9.99. The summed E-state index contributed by atoms with van der Waals surface area (Å²) < 4.78 is 10.8. The monoisotopic (exact) mass is 457 g/mol. The predicted octanol–water partition coefficient (Wildman–Crippen LogP) is 6.13. The number of benzene rings is 2. The number of hydrogen-bond acceptors (Lipinski definition) is 5. The number of esters is 1. The van der Waals surface area contributed by atoms with Crippen LogP contribution in [0.5, 0.6) is 5.75 Å². The largest absolute Gasteiger partial charge is 0.484 e. The van der Waals surface area contributed by atoms with Crippen LogP contribution < -0.4 is 10.1 Å². The van der Waals surface area contributed by atoms with Crippen molar-refractivity contribution in [3.63, 3.8) is 0 Å². The molecule has 0 aliphatic rings. The quantitative estimate of drug-likeness (QED) is 0.413. The molecule has 162 valence electrons. The van der Waals surface area contributed by atoms with Gasteiger partial charge in [-0.3, -0.25) is 4.79 Å². The molecule has 0 radical (unpaired) electrons. The molecule has 0 spiro atoms. The van der Waals surface area contributed by atoms with E-state index in [1.165, 1.54) is 16.9 Å². The summed E-state index contributed by atoms with van der Waals surface area (Å²) in [5.41, 5.74) is 4.05. The van der Waals surface area contributed by atoms with Gasteiger partial charge in [-0.15, -0.1) is 11.3 Å². The third kappa shape index (κ3) is 5.66. The van der Waals surface area contributed by atoms with Crippen molar-refractivity contribution >= 4 is 39.8 Å². The van der Waals surface area contributed by atoms with Gasteiger partial charge < -0.3 is 14.8 Å². The summed E-state index contributed by atoms with van der Waals surface area (Å²) in [5, 5.41) is 5.71. The Morgan fingerprint density at radius 1 is 1.10 bits per heavy atom. The zero-order valence-corrected chi connectivity index (χ0v) is 19.2. The van der Waals surface area contributed by atoms with Gasteiger partial charge in [0, 0.05) is 16.0 Å². The summed E-state index contributed by atoms with van der Waals surface area (Å²) in [7, 11) is 0. The lowest BCUT2D eigenvalue weighted by Crippen LogP contribution is -2.21. The maximum Gasteiger partial charge on any atom is 0.341 e. The number of aryl methyl sites for hydroxylation is 2. The molecule has 0 atom stereocenters. The van der Waals surface area contributed by atoms with Gasteiger partial charge in [0.2, 0.25) is 0 Å². The molecule has 0 unspecified atom stereocenters. The fourth-order valence-corrected chi connectivity index (χ4v) is 4.10. The second kappa shape index (κ2) is 10.5. The Kier molecular flexibility index (Phi) is 7.71. The molecule has 0 aliphatic heterocycles. The van der Waals surface area contributed by atoms with Crippen molar-refractivity contribution in [2.24, 2.45) is 0 Å². The van der Waals surface area contributed by atoms with Crippen LogP contribution in [0.1, 0.15) is 35.3 Å². The number of hydrogen-bond donors (Lipinski definition) is 1. The van der Waals surface area contributed by atoms with Crippen LogP contribution in [0, 0.1) is 6.92 Å². The van der Waals surface area contributed by atoms with Gasteiger partial charge in [0.05, 0.1) is 6.61 Å². The lowest BCUT2D eigenvalue weighted by atomic mass is 10.0. The van der Waals surface area contributed by atoms with Crippen molar-refractivity contribution in [2.45, 2.75) is 27.2 Å². The summed E-state index contributed by atoms with van der Waals surface area (Å²) in [4.78, 5) is 25.2. The highest BCUT2D eigenvalue weighted by atomic mass is 35.5. The van der Waals surface area contributed by atoms with Crippen molar-refractivity contribution in [1.29, 1.82) is 0 Å². The minimum absolute atomic E-state index is 0.193. The maximum atomic E-state index is 12.7. The molecule has 0 fully saturated rings. The Balaban J connectivity index is 1.79. The van der Waals surface area contributed by atoms with Crippen molar-refractivity contribution in [2.75, 3.05) is 18.5 Å².